The smallest absolute Gasteiger partial charge is 0.322 e. The van der Waals surface area contributed by atoms with Crippen LogP contribution in [-0.2, 0) is 4.79 Å². The number of carboxylic acids is 1. The van der Waals surface area contributed by atoms with Crippen molar-refractivity contribution in [3.63, 3.8) is 0 Å². The zero-order chi connectivity index (χ0) is 14.4. The van der Waals surface area contributed by atoms with Crippen LogP contribution in [0.1, 0.15) is 19.3 Å². The molecule has 0 aliphatic heterocycles. The van der Waals surface area contributed by atoms with Gasteiger partial charge in [-0.2, -0.15) is 0 Å². The molecule has 0 heterocycles. The van der Waals surface area contributed by atoms with Crippen LogP contribution in [0.5, 0.6) is 0 Å². The molecule has 0 saturated heterocycles. The van der Waals surface area contributed by atoms with Gasteiger partial charge in [0.05, 0.1) is 6.42 Å². The van der Waals surface area contributed by atoms with E-state index >= 15 is 0 Å². The van der Waals surface area contributed by atoms with Crippen molar-refractivity contribution in [2.45, 2.75) is 25.3 Å². The number of urea groups is 1. The van der Waals surface area contributed by atoms with E-state index in [4.69, 9.17) is 5.11 Å². The maximum absolute atomic E-state index is 12.3. The number of hydrogen-bond acceptors (Lipinski definition) is 2. The summed E-state index contributed by atoms with van der Waals surface area (Å²) >= 11 is 0. The quantitative estimate of drug-likeness (QED) is 0.810. The number of aliphatic carboxylic acids is 1. The predicted octanol–water partition coefficient (Wildman–Crippen LogP) is 2.40. The van der Waals surface area contributed by atoms with Crippen LogP contribution in [0.3, 0.4) is 0 Å². The van der Waals surface area contributed by atoms with Crippen molar-refractivity contribution in [1.82, 2.24) is 5.32 Å². The van der Waals surface area contributed by atoms with Crippen molar-refractivity contribution < 1.29 is 14.7 Å². The predicted molar refractivity (Wildman–Crippen MR) is 76.7 cm³/mol. The summed E-state index contributed by atoms with van der Waals surface area (Å²) < 4.78 is 0. The summed E-state index contributed by atoms with van der Waals surface area (Å²) in [5, 5.41) is 11.7. The fourth-order valence-electron chi connectivity index (χ4n) is 2.15. The number of rotatable bonds is 5. The van der Waals surface area contributed by atoms with Gasteiger partial charge in [0.2, 0.25) is 0 Å². The van der Waals surface area contributed by atoms with Crippen molar-refractivity contribution in [2.75, 3.05) is 11.4 Å². The first-order valence-corrected chi connectivity index (χ1v) is 6.66. The summed E-state index contributed by atoms with van der Waals surface area (Å²) in [6.07, 6.45) is 5.65. The van der Waals surface area contributed by atoms with Gasteiger partial charge in [-0.25, -0.2) is 4.79 Å². The molecule has 5 heteroatoms. The molecule has 0 unspecified atom stereocenters. The van der Waals surface area contributed by atoms with Crippen molar-refractivity contribution in [2.24, 2.45) is 0 Å². The average Bonchev–Trinajstić information content (AvgIpc) is 2.92. The molecule has 0 bridgehead atoms. The van der Waals surface area contributed by atoms with Gasteiger partial charge in [0, 0.05) is 18.3 Å². The van der Waals surface area contributed by atoms with E-state index in [9.17, 15) is 9.59 Å². The second-order valence-electron chi connectivity index (χ2n) is 4.72. The molecule has 106 valence electrons. The molecule has 2 rings (SSSR count). The van der Waals surface area contributed by atoms with E-state index in [2.05, 4.69) is 5.32 Å². The van der Waals surface area contributed by atoms with E-state index in [0.29, 0.717) is 5.69 Å². The minimum Gasteiger partial charge on any atom is -0.481 e. The van der Waals surface area contributed by atoms with Crippen LogP contribution in [0.2, 0.25) is 0 Å². The summed E-state index contributed by atoms with van der Waals surface area (Å²) in [4.78, 5) is 24.5. The average molecular weight is 274 g/mol. The summed E-state index contributed by atoms with van der Waals surface area (Å²) in [5.74, 6) is -0.915. The number of hydrogen-bond donors (Lipinski definition) is 2. The van der Waals surface area contributed by atoms with Gasteiger partial charge >= 0.3 is 12.0 Å². The number of amides is 2. The molecule has 20 heavy (non-hydrogen) atoms. The number of para-hydroxylation sites is 1. The third-order valence-electron chi connectivity index (χ3n) is 3.20. The molecule has 0 aromatic heterocycles. The standard InChI is InChI=1S/C15H18N2O3/c18-14(19)10-11-17(13-8-2-1-3-9-13)15(20)16-12-6-4-5-7-12/h1-5,8-9,12H,6-7,10-11H2,(H,16,20)(H,18,19). The molecule has 1 aromatic carbocycles. The van der Waals surface area contributed by atoms with Crippen LogP contribution in [0.4, 0.5) is 10.5 Å². The summed E-state index contributed by atoms with van der Waals surface area (Å²) in [7, 11) is 0. The Labute approximate surface area is 117 Å². The molecule has 1 aliphatic carbocycles. The maximum Gasteiger partial charge on any atom is 0.322 e. The Morgan fingerprint density at radius 3 is 2.45 bits per heavy atom. The van der Waals surface area contributed by atoms with Crippen LogP contribution in [0.15, 0.2) is 42.5 Å². The van der Waals surface area contributed by atoms with Gasteiger partial charge < -0.3 is 10.4 Å². The first-order valence-electron chi connectivity index (χ1n) is 6.66. The van der Waals surface area contributed by atoms with E-state index in [1.54, 1.807) is 12.1 Å². The molecular formula is C15H18N2O3. The number of benzene rings is 1. The molecule has 0 spiro atoms. The van der Waals surface area contributed by atoms with E-state index in [-0.39, 0.29) is 25.0 Å². The van der Waals surface area contributed by atoms with Crippen LogP contribution >= 0.6 is 0 Å². The van der Waals surface area contributed by atoms with Crippen molar-refractivity contribution in [1.29, 1.82) is 0 Å². The fraction of sp³-hybridized carbons (Fsp3) is 0.333. The monoisotopic (exact) mass is 274 g/mol. The maximum atomic E-state index is 12.3. The Morgan fingerprint density at radius 2 is 1.85 bits per heavy atom. The zero-order valence-corrected chi connectivity index (χ0v) is 11.2. The summed E-state index contributed by atoms with van der Waals surface area (Å²) in [5.41, 5.74) is 0.706. The number of carbonyl (C=O) groups is 2. The van der Waals surface area contributed by atoms with Gasteiger partial charge in [-0.3, -0.25) is 9.69 Å². The molecule has 5 nitrogen and oxygen atoms in total. The Hall–Kier alpha value is -2.30. The van der Waals surface area contributed by atoms with Crippen LogP contribution in [0, 0.1) is 0 Å². The lowest BCUT2D eigenvalue weighted by molar-refractivity contribution is -0.136. The van der Waals surface area contributed by atoms with E-state index in [0.717, 1.165) is 12.8 Å². The summed E-state index contributed by atoms with van der Waals surface area (Å²) in [6.45, 7) is 0.158. The second kappa shape index (κ2) is 6.75. The fourth-order valence-corrected chi connectivity index (χ4v) is 2.15. The summed E-state index contributed by atoms with van der Waals surface area (Å²) in [6, 6.07) is 8.98. The van der Waals surface area contributed by atoms with Crippen molar-refractivity contribution in [3.05, 3.63) is 42.5 Å². The van der Waals surface area contributed by atoms with E-state index in [1.807, 2.05) is 30.4 Å². The van der Waals surface area contributed by atoms with Crippen LogP contribution in [-0.4, -0.2) is 29.7 Å². The van der Waals surface area contributed by atoms with Crippen molar-refractivity contribution in [3.8, 4) is 0 Å². The zero-order valence-electron chi connectivity index (χ0n) is 11.2. The molecule has 1 aliphatic rings. The lowest BCUT2D eigenvalue weighted by Gasteiger charge is -2.24. The number of carboxylic acid groups (broad SMARTS) is 1. The minimum atomic E-state index is -0.915. The Bertz CT molecular complexity index is 491. The third-order valence-corrected chi connectivity index (χ3v) is 3.20. The van der Waals surface area contributed by atoms with Gasteiger partial charge in [-0.15, -0.1) is 0 Å². The highest BCUT2D eigenvalue weighted by Gasteiger charge is 2.20. The topological polar surface area (TPSA) is 69.6 Å². The normalized spacial score (nSPS) is 14.2. The van der Waals surface area contributed by atoms with Gasteiger partial charge in [0.1, 0.15) is 0 Å². The molecular weight excluding hydrogens is 256 g/mol. The lowest BCUT2D eigenvalue weighted by Crippen LogP contribution is -2.45. The number of anilines is 1. The number of nitrogens with one attached hydrogen (secondary N) is 1. The first kappa shape index (κ1) is 14.1. The van der Waals surface area contributed by atoms with Crippen LogP contribution in [0.25, 0.3) is 0 Å². The van der Waals surface area contributed by atoms with Gasteiger partial charge in [-0.05, 0) is 25.0 Å². The third kappa shape index (κ3) is 3.85. The molecule has 1 aromatic rings. The van der Waals surface area contributed by atoms with Crippen LogP contribution < -0.4 is 10.2 Å². The number of carbonyl (C=O) groups excluding carboxylic acids is 1. The molecule has 2 N–H and O–H groups in total. The van der Waals surface area contributed by atoms with Gasteiger partial charge in [0.25, 0.3) is 0 Å². The van der Waals surface area contributed by atoms with Crippen molar-refractivity contribution >= 4 is 17.7 Å². The van der Waals surface area contributed by atoms with E-state index < -0.39 is 5.97 Å². The van der Waals surface area contributed by atoms with Gasteiger partial charge in [-0.1, -0.05) is 30.4 Å². The Kier molecular flexibility index (Phi) is 4.76. The molecule has 0 radical (unpaired) electrons. The Balaban J connectivity index is 2.04. The molecule has 0 atom stereocenters. The largest absolute Gasteiger partial charge is 0.481 e. The van der Waals surface area contributed by atoms with E-state index in [1.165, 1.54) is 4.90 Å². The SMILES string of the molecule is O=C(O)CCN(C(=O)NC1CC=CC1)c1ccccc1. The highest BCUT2D eigenvalue weighted by Crippen LogP contribution is 2.16. The highest BCUT2D eigenvalue weighted by molar-refractivity contribution is 5.92. The lowest BCUT2D eigenvalue weighted by atomic mass is 10.2. The molecule has 2 amide bonds. The number of nitrogens with zero attached hydrogens (tertiary/aromatic N) is 1. The molecule has 0 fully saturated rings. The Morgan fingerprint density at radius 1 is 1.20 bits per heavy atom. The van der Waals surface area contributed by atoms with Gasteiger partial charge in [0.15, 0.2) is 0 Å². The second-order valence-corrected chi connectivity index (χ2v) is 4.72. The highest BCUT2D eigenvalue weighted by atomic mass is 16.4. The molecule has 0 saturated carbocycles. The first-order chi connectivity index (χ1) is 9.66. The minimum absolute atomic E-state index is 0.0781.